The molecule has 0 aliphatic carbocycles. The summed E-state index contributed by atoms with van der Waals surface area (Å²) in [6, 6.07) is 12.2. The van der Waals surface area contributed by atoms with E-state index in [1.165, 1.54) is 0 Å². The molecule has 0 spiro atoms. The summed E-state index contributed by atoms with van der Waals surface area (Å²) < 4.78 is 11.7. The normalized spacial score (nSPS) is 13.4. The van der Waals surface area contributed by atoms with E-state index in [4.69, 9.17) is 21.7 Å². The average molecular weight is 506 g/mol. The highest BCUT2D eigenvalue weighted by molar-refractivity contribution is 9.10. The fraction of sp³-hybridized carbons (Fsp3) is 0.318. The van der Waals surface area contributed by atoms with Crippen molar-refractivity contribution in [1.82, 2.24) is 10.2 Å². The molecule has 1 fully saturated rings. The second kappa shape index (κ2) is 11.2. The highest BCUT2D eigenvalue weighted by Gasteiger charge is 2.19. The Balaban J connectivity index is 1.60. The molecule has 0 aromatic heterocycles. The lowest BCUT2D eigenvalue weighted by Crippen LogP contribution is -2.40. The quantitative estimate of drug-likeness (QED) is 0.580. The number of nitrogens with one attached hydrogen (secondary N) is 2. The monoisotopic (exact) mass is 505 g/mol. The number of anilines is 1. The molecule has 1 saturated heterocycles. The maximum Gasteiger partial charge on any atom is 0.261 e. The summed E-state index contributed by atoms with van der Waals surface area (Å²) in [5, 5.41) is 5.79. The highest BCUT2D eigenvalue weighted by Crippen LogP contribution is 2.23. The van der Waals surface area contributed by atoms with Gasteiger partial charge in [-0.25, -0.2) is 0 Å². The predicted molar refractivity (Wildman–Crippen MR) is 127 cm³/mol. The maximum atomic E-state index is 12.7. The van der Waals surface area contributed by atoms with Crippen LogP contribution in [0.25, 0.3) is 0 Å². The Morgan fingerprint density at radius 1 is 1.16 bits per heavy atom. The van der Waals surface area contributed by atoms with Gasteiger partial charge in [-0.15, -0.1) is 0 Å². The Morgan fingerprint density at radius 2 is 1.87 bits per heavy atom. The first-order valence-electron chi connectivity index (χ1n) is 9.99. The smallest absolute Gasteiger partial charge is 0.261 e. The summed E-state index contributed by atoms with van der Waals surface area (Å²) in [5.74, 6) is 0.0975. The minimum absolute atomic E-state index is 0.0278. The molecular weight excluding hydrogens is 482 g/mol. The molecule has 0 radical (unpaired) electrons. The van der Waals surface area contributed by atoms with E-state index >= 15 is 0 Å². The number of carbonyl (C=O) groups is 2. The van der Waals surface area contributed by atoms with Gasteiger partial charge in [0, 0.05) is 28.8 Å². The number of rotatable bonds is 6. The van der Waals surface area contributed by atoms with Crippen molar-refractivity contribution in [2.45, 2.75) is 13.3 Å². The molecule has 0 saturated carbocycles. The molecule has 3 rings (SSSR count). The topological polar surface area (TPSA) is 79.9 Å². The molecule has 1 heterocycles. The van der Waals surface area contributed by atoms with Gasteiger partial charge in [0.25, 0.3) is 11.8 Å². The van der Waals surface area contributed by atoms with Gasteiger partial charge in [0.05, 0.1) is 25.4 Å². The second-order valence-corrected chi connectivity index (χ2v) is 8.20. The zero-order chi connectivity index (χ0) is 22.2. The number of benzene rings is 2. The molecule has 2 N–H and O–H groups in total. The third-order valence-electron chi connectivity index (χ3n) is 4.56. The first kappa shape index (κ1) is 23.2. The van der Waals surface area contributed by atoms with E-state index in [2.05, 4.69) is 26.6 Å². The summed E-state index contributed by atoms with van der Waals surface area (Å²) in [5.41, 5.74) is 1.65. The standard InChI is InChI=1S/C22H24BrN3O4S/c1-2-11-30-19-8-5-16(23)14-18(19)20(27)25-22(31)24-17-6-3-15(4-7-17)21(28)26-9-12-29-13-10-26/h3-8,14H,2,9-13H2,1H3,(H2,24,25,27,31). The van der Waals surface area contributed by atoms with Gasteiger partial charge >= 0.3 is 0 Å². The highest BCUT2D eigenvalue weighted by atomic mass is 79.9. The molecule has 31 heavy (non-hydrogen) atoms. The van der Waals surface area contributed by atoms with Crippen molar-refractivity contribution in [3.63, 3.8) is 0 Å². The Morgan fingerprint density at radius 3 is 2.55 bits per heavy atom. The third-order valence-corrected chi connectivity index (χ3v) is 5.26. The zero-order valence-electron chi connectivity index (χ0n) is 17.2. The molecule has 0 unspecified atom stereocenters. The number of carbonyl (C=O) groups excluding carboxylic acids is 2. The first-order valence-corrected chi connectivity index (χ1v) is 11.2. The van der Waals surface area contributed by atoms with Crippen LogP contribution in [0, 0.1) is 0 Å². The number of hydrogen-bond donors (Lipinski definition) is 2. The summed E-state index contributed by atoms with van der Waals surface area (Å²) in [6.45, 7) is 4.81. The van der Waals surface area contributed by atoms with E-state index in [0.29, 0.717) is 55.5 Å². The van der Waals surface area contributed by atoms with Gasteiger partial charge in [-0.05, 0) is 61.1 Å². The van der Waals surface area contributed by atoms with E-state index in [9.17, 15) is 9.59 Å². The first-order chi connectivity index (χ1) is 15.0. The summed E-state index contributed by atoms with van der Waals surface area (Å²) in [4.78, 5) is 27.0. The van der Waals surface area contributed by atoms with E-state index < -0.39 is 0 Å². The van der Waals surface area contributed by atoms with Crippen molar-refractivity contribution >= 4 is 50.8 Å². The molecule has 1 aliphatic rings. The van der Waals surface area contributed by atoms with E-state index in [-0.39, 0.29) is 16.9 Å². The lowest BCUT2D eigenvalue weighted by molar-refractivity contribution is 0.0303. The number of thiocarbonyl (C=S) groups is 1. The molecule has 9 heteroatoms. The average Bonchev–Trinajstić information content (AvgIpc) is 2.78. The number of morpholine rings is 1. The van der Waals surface area contributed by atoms with Crippen molar-refractivity contribution in [3.05, 3.63) is 58.1 Å². The second-order valence-electron chi connectivity index (χ2n) is 6.88. The molecule has 0 bridgehead atoms. The van der Waals surface area contributed by atoms with Crippen molar-refractivity contribution in [2.75, 3.05) is 38.2 Å². The van der Waals surface area contributed by atoms with Crippen LogP contribution >= 0.6 is 28.1 Å². The van der Waals surface area contributed by atoms with Gasteiger partial charge in [-0.1, -0.05) is 22.9 Å². The Kier molecular flexibility index (Phi) is 8.39. The van der Waals surface area contributed by atoms with E-state index in [1.54, 1.807) is 41.3 Å². The summed E-state index contributed by atoms with van der Waals surface area (Å²) >= 11 is 8.66. The SMILES string of the molecule is CCCOc1ccc(Br)cc1C(=O)NC(=S)Nc1ccc(C(=O)N2CCOCC2)cc1. The largest absolute Gasteiger partial charge is 0.493 e. The summed E-state index contributed by atoms with van der Waals surface area (Å²) in [6.07, 6.45) is 0.834. The lowest BCUT2D eigenvalue weighted by atomic mass is 10.1. The molecular formula is C22H24BrN3O4S. The van der Waals surface area contributed by atoms with Crippen LogP contribution in [0.3, 0.4) is 0 Å². The third kappa shape index (κ3) is 6.49. The van der Waals surface area contributed by atoms with Crippen molar-refractivity contribution in [3.8, 4) is 5.75 Å². The summed E-state index contributed by atoms with van der Waals surface area (Å²) in [7, 11) is 0. The molecule has 2 aromatic carbocycles. The Hall–Kier alpha value is -2.49. The Bertz CT molecular complexity index is 946. The number of amides is 2. The fourth-order valence-corrected chi connectivity index (χ4v) is 3.57. The number of nitrogens with zero attached hydrogens (tertiary/aromatic N) is 1. The van der Waals surface area contributed by atoms with E-state index in [1.807, 2.05) is 13.0 Å². The Labute approximate surface area is 195 Å². The fourth-order valence-electron chi connectivity index (χ4n) is 3.00. The van der Waals surface area contributed by atoms with Crippen LogP contribution in [-0.4, -0.2) is 54.7 Å². The molecule has 164 valence electrons. The van der Waals surface area contributed by atoms with Gasteiger partial charge in [0.2, 0.25) is 0 Å². The van der Waals surface area contributed by atoms with Gasteiger partial charge in [-0.2, -0.15) is 0 Å². The minimum atomic E-state index is -0.371. The molecule has 7 nitrogen and oxygen atoms in total. The molecule has 0 atom stereocenters. The van der Waals surface area contributed by atoms with Crippen molar-refractivity contribution in [1.29, 1.82) is 0 Å². The van der Waals surface area contributed by atoms with Crippen LogP contribution in [0.2, 0.25) is 0 Å². The zero-order valence-corrected chi connectivity index (χ0v) is 19.6. The van der Waals surface area contributed by atoms with Gasteiger partial charge in [0.1, 0.15) is 5.75 Å². The van der Waals surface area contributed by atoms with Crippen LogP contribution in [0.15, 0.2) is 46.9 Å². The van der Waals surface area contributed by atoms with Crippen LogP contribution in [0.4, 0.5) is 5.69 Å². The maximum absolute atomic E-state index is 12.7. The van der Waals surface area contributed by atoms with Crippen molar-refractivity contribution < 1.29 is 19.1 Å². The molecule has 2 aromatic rings. The number of hydrogen-bond acceptors (Lipinski definition) is 5. The van der Waals surface area contributed by atoms with Crippen LogP contribution in [0.5, 0.6) is 5.75 Å². The van der Waals surface area contributed by atoms with Gasteiger partial charge in [0.15, 0.2) is 5.11 Å². The predicted octanol–water partition coefficient (Wildman–Crippen LogP) is 3.84. The number of ether oxygens (including phenoxy) is 2. The van der Waals surface area contributed by atoms with Crippen LogP contribution < -0.4 is 15.4 Å². The number of halogens is 1. The minimum Gasteiger partial charge on any atom is -0.493 e. The van der Waals surface area contributed by atoms with Crippen LogP contribution in [0.1, 0.15) is 34.1 Å². The van der Waals surface area contributed by atoms with Crippen LogP contribution in [-0.2, 0) is 4.74 Å². The molecule has 2 amide bonds. The van der Waals surface area contributed by atoms with E-state index in [0.717, 1.165) is 10.9 Å². The lowest BCUT2D eigenvalue weighted by Gasteiger charge is -2.26. The van der Waals surface area contributed by atoms with Crippen molar-refractivity contribution in [2.24, 2.45) is 0 Å². The molecule has 1 aliphatic heterocycles. The van der Waals surface area contributed by atoms with Gasteiger partial charge < -0.3 is 19.7 Å². The van der Waals surface area contributed by atoms with Gasteiger partial charge in [-0.3, -0.25) is 14.9 Å².